The highest BCUT2D eigenvalue weighted by Crippen LogP contribution is 2.04. The highest BCUT2D eigenvalue weighted by atomic mass is 16.2. The maximum absolute atomic E-state index is 12.2. The van der Waals surface area contributed by atoms with Gasteiger partial charge in [0.05, 0.1) is 0 Å². The highest BCUT2D eigenvalue weighted by Gasteiger charge is 2.10. The monoisotopic (exact) mass is 323 g/mol. The minimum absolute atomic E-state index is 0.205. The standard InChI is InChI=1S/C19H21N3O2/c1-2-11-21-19(24)17-14-16(10-13-20-17)18(23)22-12-6-9-15-7-4-3-5-8-15/h2-5,7-8,10,13-14H,1,6,9,11-12H2,(H,21,24)(H,22,23). The Morgan fingerprint density at radius 2 is 1.88 bits per heavy atom. The smallest absolute Gasteiger partial charge is 0.270 e. The molecule has 1 heterocycles. The van der Waals surface area contributed by atoms with Gasteiger partial charge in [-0.2, -0.15) is 0 Å². The van der Waals surface area contributed by atoms with Crippen molar-refractivity contribution in [2.24, 2.45) is 0 Å². The average molecular weight is 323 g/mol. The topological polar surface area (TPSA) is 71.1 Å². The molecule has 1 aromatic heterocycles. The molecule has 0 aliphatic carbocycles. The number of hydrogen-bond acceptors (Lipinski definition) is 3. The van der Waals surface area contributed by atoms with Crippen molar-refractivity contribution in [2.75, 3.05) is 13.1 Å². The number of aromatic nitrogens is 1. The number of aryl methyl sites for hydroxylation is 1. The molecule has 1 aromatic carbocycles. The largest absolute Gasteiger partial charge is 0.352 e. The van der Waals surface area contributed by atoms with E-state index in [1.807, 2.05) is 18.2 Å². The fraction of sp³-hybridized carbons (Fsp3) is 0.211. The minimum Gasteiger partial charge on any atom is -0.352 e. The van der Waals surface area contributed by atoms with E-state index in [0.29, 0.717) is 18.7 Å². The van der Waals surface area contributed by atoms with Crippen LogP contribution in [0.5, 0.6) is 0 Å². The Morgan fingerprint density at radius 3 is 2.62 bits per heavy atom. The summed E-state index contributed by atoms with van der Waals surface area (Å²) in [6.07, 6.45) is 4.81. The molecule has 0 unspecified atom stereocenters. The summed E-state index contributed by atoms with van der Waals surface area (Å²) in [6.45, 7) is 4.47. The molecule has 0 spiro atoms. The van der Waals surface area contributed by atoms with Crippen LogP contribution in [0, 0.1) is 0 Å². The zero-order valence-corrected chi connectivity index (χ0v) is 13.5. The Hall–Kier alpha value is -2.95. The van der Waals surface area contributed by atoms with Crippen LogP contribution in [-0.2, 0) is 6.42 Å². The lowest BCUT2D eigenvalue weighted by Gasteiger charge is -2.07. The lowest BCUT2D eigenvalue weighted by atomic mass is 10.1. The van der Waals surface area contributed by atoms with E-state index >= 15 is 0 Å². The number of nitrogens with one attached hydrogen (secondary N) is 2. The van der Waals surface area contributed by atoms with Crippen molar-refractivity contribution >= 4 is 11.8 Å². The summed E-state index contributed by atoms with van der Waals surface area (Å²) in [7, 11) is 0. The summed E-state index contributed by atoms with van der Waals surface area (Å²) in [4.78, 5) is 28.0. The van der Waals surface area contributed by atoms with Crippen LogP contribution in [-0.4, -0.2) is 29.9 Å². The predicted octanol–water partition coefficient (Wildman–Crippen LogP) is 2.36. The van der Waals surface area contributed by atoms with Gasteiger partial charge in [-0.05, 0) is 30.5 Å². The van der Waals surface area contributed by atoms with Crippen LogP contribution in [0.2, 0.25) is 0 Å². The lowest BCUT2D eigenvalue weighted by Crippen LogP contribution is -2.27. The van der Waals surface area contributed by atoms with Crippen LogP contribution in [0.25, 0.3) is 0 Å². The number of carbonyl (C=O) groups is 2. The maximum Gasteiger partial charge on any atom is 0.270 e. The minimum atomic E-state index is -0.325. The van der Waals surface area contributed by atoms with Gasteiger partial charge >= 0.3 is 0 Å². The summed E-state index contributed by atoms with van der Waals surface area (Å²) in [6, 6.07) is 13.2. The van der Waals surface area contributed by atoms with Crippen molar-refractivity contribution in [1.29, 1.82) is 0 Å². The second-order valence-corrected chi connectivity index (χ2v) is 5.27. The van der Waals surface area contributed by atoms with Crippen LogP contribution in [0.3, 0.4) is 0 Å². The van der Waals surface area contributed by atoms with E-state index in [1.54, 1.807) is 12.1 Å². The van der Waals surface area contributed by atoms with E-state index in [1.165, 1.54) is 17.8 Å². The number of carbonyl (C=O) groups excluding carboxylic acids is 2. The normalized spacial score (nSPS) is 10.0. The Morgan fingerprint density at radius 1 is 1.08 bits per heavy atom. The Kier molecular flexibility index (Phi) is 6.71. The molecule has 0 aliphatic heterocycles. The van der Waals surface area contributed by atoms with E-state index in [-0.39, 0.29) is 17.5 Å². The molecular weight excluding hydrogens is 302 g/mol. The number of nitrogens with zero attached hydrogens (tertiary/aromatic N) is 1. The Bertz CT molecular complexity index is 699. The van der Waals surface area contributed by atoms with Crippen LogP contribution in [0.15, 0.2) is 61.3 Å². The SMILES string of the molecule is C=CCNC(=O)c1cc(C(=O)NCCCc2ccccc2)ccn1. The van der Waals surface area contributed by atoms with E-state index in [0.717, 1.165) is 12.8 Å². The van der Waals surface area contributed by atoms with Crippen molar-refractivity contribution in [1.82, 2.24) is 15.6 Å². The molecule has 5 heteroatoms. The zero-order valence-electron chi connectivity index (χ0n) is 13.5. The predicted molar refractivity (Wildman–Crippen MR) is 93.9 cm³/mol. The molecule has 2 aromatic rings. The van der Waals surface area contributed by atoms with Gasteiger partial charge in [-0.25, -0.2) is 0 Å². The first-order valence-corrected chi connectivity index (χ1v) is 7.88. The molecule has 5 nitrogen and oxygen atoms in total. The van der Waals surface area contributed by atoms with E-state index in [4.69, 9.17) is 0 Å². The summed E-state index contributed by atoms with van der Waals surface area (Å²) < 4.78 is 0. The van der Waals surface area contributed by atoms with Crippen LogP contribution in [0.4, 0.5) is 0 Å². The molecule has 2 amide bonds. The van der Waals surface area contributed by atoms with Crippen LogP contribution < -0.4 is 10.6 Å². The average Bonchev–Trinajstić information content (AvgIpc) is 2.64. The quantitative estimate of drug-likeness (QED) is 0.579. The van der Waals surface area contributed by atoms with Gasteiger partial charge in [-0.15, -0.1) is 6.58 Å². The summed E-state index contributed by atoms with van der Waals surface area (Å²) in [5.74, 6) is -0.531. The molecule has 2 N–H and O–H groups in total. The van der Waals surface area contributed by atoms with E-state index in [9.17, 15) is 9.59 Å². The van der Waals surface area contributed by atoms with Gasteiger partial charge in [-0.3, -0.25) is 14.6 Å². The zero-order chi connectivity index (χ0) is 17.2. The number of hydrogen-bond donors (Lipinski definition) is 2. The molecule has 0 fully saturated rings. The maximum atomic E-state index is 12.2. The van der Waals surface area contributed by atoms with Gasteiger partial charge in [0.25, 0.3) is 11.8 Å². The summed E-state index contributed by atoms with van der Waals surface area (Å²) in [5.41, 5.74) is 1.89. The first-order chi connectivity index (χ1) is 11.7. The third-order valence-corrected chi connectivity index (χ3v) is 3.43. The van der Waals surface area contributed by atoms with Crippen LogP contribution in [0.1, 0.15) is 32.8 Å². The number of rotatable bonds is 8. The van der Waals surface area contributed by atoms with Crippen molar-refractivity contribution in [3.05, 3.63) is 78.1 Å². The summed E-state index contributed by atoms with van der Waals surface area (Å²) in [5, 5.41) is 5.50. The van der Waals surface area contributed by atoms with Crippen LogP contribution >= 0.6 is 0 Å². The van der Waals surface area contributed by atoms with E-state index < -0.39 is 0 Å². The fourth-order valence-corrected chi connectivity index (χ4v) is 2.19. The third-order valence-electron chi connectivity index (χ3n) is 3.43. The second kappa shape index (κ2) is 9.25. The molecule has 0 atom stereocenters. The van der Waals surface area contributed by atoms with Crippen molar-refractivity contribution in [3.63, 3.8) is 0 Å². The van der Waals surface area contributed by atoms with Crippen molar-refractivity contribution < 1.29 is 9.59 Å². The van der Waals surface area contributed by atoms with Gasteiger partial charge in [-0.1, -0.05) is 36.4 Å². The van der Waals surface area contributed by atoms with Gasteiger partial charge in [0, 0.05) is 24.8 Å². The van der Waals surface area contributed by atoms with Crippen molar-refractivity contribution in [3.8, 4) is 0 Å². The molecule has 0 saturated heterocycles. The Labute approximate surface area is 141 Å². The molecule has 0 radical (unpaired) electrons. The highest BCUT2D eigenvalue weighted by molar-refractivity contribution is 5.98. The first-order valence-electron chi connectivity index (χ1n) is 7.88. The first kappa shape index (κ1) is 17.4. The molecule has 0 saturated carbocycles. The third kappa shape index (κ3) is 5.35. The molecule has 2 rings (SSSR count). The number of pyridine rings is 1. The summed E-state index contributed by atoms with van der Waals surface area (Å²) >= 11 is 0. The number of benzene rings is 1. The lowest BCUT2D eigenvalue weighted by molar-refractivity contribution is 0.0953. The molecule has 0 aliphatic rings. The Balaban J connectivity index is 1.83. The molecular formula is C19H21N3O2. The van der Waals surface area contributed by atoms with Gasteiger partial charge in [0.15, 0.2) is 0 Å². The molecule has 124 valence electrons. The molecule has 24 heavy (non-hydrogen) atoms. The van der Waals surface area contributed by atoms with E-state index in [2.05, 4.69) is 34.3 Å². The fourth-order valence-electron chi connectivity index (χ4n) is 2.19. The van der Waals surface area contributed by atoms with Crippen molar-refractivity contribution in [2.45, 2.75) is 12.8 Å². The van der Waals surface area contributed by atoms with Gasteiger partial charge in [0.1, 0.15) is 5.69 Å². The number of amides is 2. The second-order valence-electron chi connectivity index (χ2n) is 5.27. The van der Waals surface area contributed by atoms with Gasteiger partial charge in [0.2, 0.25) is 0 Å². The molecule has 0 bridgehead atoms. The van der Waals surface area contributed by atoms with Gasteiger partial charge < -0.3 is 10.6 Å².